The summed E-state index contributed by atoms with van der Waals surface area (Å²) in [5.74, 6) is -0.181. The quantitative estimate of drug-likeness (QED) is 0.744. The summed E-state index contributed by atoms with van der Waals surface area (Å²) in [6.45, 7) is 16.4. The van der Waals surface area contributed by atoms with Gasteiger partial charge in [-0.15, -0.1) is 11.3 Å². The average molecular weight is 358 g/mol. The van der Waals surface area contributed by atoms with Crippen molar-refractivity contribution in [2.45, 2.75) is 20.8 Å². The van der Waals surface area contributed by atoms with Gasteiger partial charge in [0.05, 0.1) is 12.3 Å². The van der Waals surface area contributed by atoms with E-state index in [0.29, 0.717) is 22.1 Å². The van der Waals surface area contributed by atoms with Gasteiger partial charge in [-0.05, 0) is 32.1 Å². The van der Waals surface area contributed by atoms with Gasteiger partial charge >= 0.3 is 0 Å². The van der Waals surface area contributed by atoms with Gasteiger partial charge in [-0.2, -0.15) is 0 Å². The number of hydrogen-bond acceptors (Lipinski definition) is 5. The number of carbonyl (C=O) groups is 1. The molecule has 0 atom stereocenters. The molecular formula is C18H22N4O2S. The average Bonchev–Trinajstić information content (AvgIpc) is 3.01. The molecule has 0 bridgehead atoms. The first kappa shape index (κ1) is 18.9. The molecule has 0 fully saturated rings. The summed E-state index contributed by atoms with van der Waals surface area (Å²) in [6, 6.07) is 4.76. The normalized spacial score (nSPS) is 10.7. The highest BCUT2D eigenvalue weighted by atomic mass is 32.1. The second kappa shape index (κ2) is 8.60. The van der Waals surface area contributed by atoms with E-state index in [4.69, 9.17) is 6.57 Å². The number of hydrogen-bond donors (Lipinski definition) is 2. The van der Waals surface area contributed by atoms with E-state index < -0.39 is 0 Å². The Labute approximate surface area is 152 Å². The van der Waals surface area contributed by atoms with Crippen molar-refractivity contribution < 1.29 is 9.90 Å². The van der Waals surface area contributed by atoms with E-state index in [1.165, 1.54) is 17.4 Å². The summed E-state index contributed by atoms with van der Waals surface area (Å²) in [4.78, 5) is 22.9. The first-order chi connectivity index (χ1) is 12.0. The van der Waals surface area contributed by atoms with Crippen LogP contribution in [0.2, 0.25) is 0 Å². The number of benzene rings is 1. The lowest BCUT2D eigenvalue weighted by molar-refractivity contribution is 0.0952. The van der Waals surface area contributed by atoms with Crippen molar-refractivity contribution >= 4 is 22.9 Å². The number of nitrogens with zero attached hydrogens (tertiary/aromatic N) is 3. The van der Waals surface area contributed by atoms with Crippen molar-refractivity contribution in [3.8, 4) is 16.3 Å². The Morgan fingerprint density at radius 3 is 2.76 bits per heavy atom. The second-order valence-corrected chi connectivity index (χ2v) is 6.53. The van der Waals surface area contributed by atoms with Crippen molar-refractivity contribution in [3.05, 3.63) is 40.2 Å². The van der Waals surface area contributed by atoms with Gasteiger partial charge < -0.3 is 15.3 Å². The molecule has 132 valence electrons. The first-order valence-corrected chi connectivity index (χ1v) is 9.00. The first-order valence-electron chi connectivity index (χ1n) is 8.18. The van der Waals surface area contributed by atoms with Crippen molar-refractivity contribution in [1.82, 2.24) is 15.2 Å². The molecule has 0 spiro atoms. The molecule has 6 nitrogen and oxygen atoms in total. The summed E-state index contributed by atoms with van der Waals surface area (Å²) in [7, 11) is 0. The molecule has 0 saturated carbocycles. The second-order valence-electron chi connectivity index (χ2n) is 5.53. The number of thiazole rings is 1. The zero-order valence-corrected chi connectivity index (χ0v) is 15.5. The molecule has 1 amide bonds. The Morgan fingerprint density at radius 1 is 1.40 bits per heavy atom. The van der Waals surface area contributed by atoms with Crippen LogP contribution in [0, 0.1) is 13.5 Å². The highest BCUT2D eigenvalue weighted by molar-refractivity contribution is 7.17. The number of phenols is 1. The lowest BCUT2D eigenvalue weighted by atomic mass is 10.2. The van der Waals surface area contributed by atoms with E-state index in [9.17, 15) is 9.90 Å². The maximum Gasteiger partial charge on any atom is 0.263 e. The number of aromatic nitrogens is 1. The fraction of sp³-hybridized carbons (Fsp3) is 0.389. The number of rotatable bonds is 7. The van der Waals surface area contributed by atoms with Crippen molar-refractivity contribution in [1.29, 1.82) is 0 Å². The number of nitrogens with one attached hydrogen (secondary N) is 1. The number of amides is 1. The number of carbonyl (C=O) groups excluding carboxylic acids is 1. The highest BCUT2D eigenvalue weighted by Crippen LogP contribution is 2.34. The largest absolute Gasteiger partial charge is 0.519 e. The lowest BCUT2D eigenvalue weighted by Crippen LogP contribution is -2.34. The Balaban J connectivity index is 2.12. The van der Waals surface area contributed by atoms with Crippen LogP contribution >= 0.6 is 11.3 Å². The topological polar surface area (TPSA) is 69.8 Å². The third kappa shape index (κ3) is 4.56. The molecule has 2 rings (SSSR count). The molecule has 0 saturated heterocycles. The van der Waals surface area contributed by atoms with E-state index in [0.717, 1.165) is 25.2 Å². The molecule has 0 aliphatic rings. The third-order valence-corrected chi connectivity index (χ3v) is 5.16. The zero-order chi connectivity index (χ0) is 18.4. The predicted octanol–water partition coefficient (Wildman–Crippen LogP) is 3.45. The number of aromatic hydroxyl groups is 1. The Bertz CT molecular complexity index is 791. The molecule has 2 N–H and O–H groups in total. The molecule has 7 heteroatoms. The Hall–Kier alpha value is -2.43. The molecule has 1 aromatic carbocycles. The summed E-state index contributed by atoms with van der Waals surface area (Å²) in [5.41, 5.74) is 1.56. The van der Waals surface area contributed by atoms with Crippen LogP contribution in [0.15, 0.2) is 18.2 Å². The molecule has 0 radical (unpaired) electrons. The van der Waals surface area contributed by atoms with E-state index in [1.807, 2.05) is 0 Å². The number of likely N-dealkylation sites (N-methyl/N-ethyl adjacent to an activating group) is 1. The molecule has 2 aromatic rings. The fourth-order valence-corrected chi connectivity index (χ4v) is 3.40. The van der Waals surface area contributed by atoms with E-state index in [-0.39, 0.29) is 17.3 Å². The lowest BCUT2D eigenvalue weighted by Gasteiger charge is -2.17. The molecule has 0 aliphatic heterocycles. The van der Waals surface area contributed by atoms with Crippen LogP contribution in [0.25, 0.3) is 15.4 Å². The molecule has 1 aromatic heterocycles. The van der Waals surface area contributed by atoms with Gasteiger partial charge in [0, 0.05) is 18.7 Å². The van der Waals surface area contributed by atoms with Gasteiger partial charge in [-0.25, -0.2) is 9.83 Å². The highest BCUT2D eigenvalue weighted by Gasteiger charge is 2.17. The van der Waals surface area contributed by atoms with Crippen LogP contribution in [0.5, 0.6) is 5.75 Å². The predicted molar refractivity (Wildman–Crippen MR) is 100 cm³/mol. The number of aryl methyl sites for hydroxylation is 1. The van der Waals surface area contributed by atoms with Crippen molar-refractivity contribution in [2.75, 3.05) is 26.2 Å². The molecule has 0 unspecified atom stereocenters. The summed E-state index contributed by atoms with van der Waals surface area (Å²) >= 11 is 1.29. The summed E-state index contributed by atoms with van der Waals surface area (Å²) in [6.07, 6.45) is 0. The zero-order valence-electron chi connectivity index (χ0n) is 14.7. The van der Waals surface area contributed by atoms with Gasteiger partial charge in [-0.3, -0.25) is 4.79 Å². The van der Waals surface area contributed by atoms with Crippen molar-refractivity contribution in [3.63, 3.8) is 0 Å². The molecule has 0 aliphatic carbocycles. The minimum atomic E-state index is -0.127. The van der Waals surface area contributed by atoms with Crippen LogP contribution in [-0.4, -0.2) is 47.1 Å². The number of phenolic OH excluding ortho intramolecular Hbond substituents is 1. The third-order valence-electron chi connectivity index (χ3n) is 3.95. The van der Waals surface area contributed by atoms with E-state index in [2.05, 4.69) is 33.9 Å². The van der Waals surface area contributed by atoms with Gasteiger partial charge in [0.25, 0.3) is 5.91 Å². The Morgan fingerprint density at radius 2 is 2.12 bits per heavy atom. The maximum atomic E-state index is 12.4. The SMILES string of the molecule is [C-]#[N+]c1cc(-c2nc(C)c(C(=O)NCCN(CC)CC)s2)ccc1O. The molecular weight excluding hydrogens is 336 g/mol. The molecule has 1 heterocycles. The summed E-state index contributed by atoms with van der Waals surface area (Å²) in [5, 5.41) is 13.2. The minimum Gasteiger partial charge on any atom is -0.519 e. The van der Waals surface area contributed by atoms with Crippen LogP contribution < -0.4 is 5.32 Å². The van der Waals surface area contributed by atoms with Gasteiger partial charge in [0.1, 0.15) is 15.6 Å². The summed E-state index contributed by atoms with van der Waals surface area (Å²) < 4.78 is 0. The Kier molecular flexibility index (Phi) is 6.51. The van der Waals surface area contributed by atoms with Gasteiger partial charge in [-0.1, -0.05) is 19.9 Å². The molecule has 25 heavy (non-hydrogen) atoms. The van der Waals surface area contributed by atoms with E-state index >= 15 is 0 Å². The maximum absolute atomic E-state index is 12.4. The smallest absolute Gasteiger partial charge is 0.263 e. The standard InChI is InChI=1S/C18H22N4O2S/c1-5-22(6-2)10-9-20-17(24)16-12(3)21-18(25-16)13-7-8-15(23)14(11-13)19-4/h7-8,11,23H,5-6,9-10H2,1-3H3,(H,20,24). The minimum absolute atomic E-state index is 0.0543. The van der Waals surface area contributed by atoms with Crippen LogP contribution in [0.3, 0.4) is 0 Å². The monoisotopic (exact) mass is 358 g/mol. The van der Waals surface area contributed by atoms with Crippen LogP contribution in [-0.2, 0) is 0 Å². The van der Waals surface area contributed by atoms with Gasteiger partial charge in [0.2, 0.25) is 5.69 Å². The van der Waals surface area contributed by atoms with Crippen LogP contribution in [0.4, 0.5) is 5.69 Å². The van der Waals surface area contributed by atoms with E-state index in [1.54, 1.807) is 19.1 Å². The van der Waals surface area contributed by atoms with Crippen LogP contribution in [0.1, 0.15) is 29.2 Å². The van der Waals surface area contributed by atoms with Crippen molar-refractivity contribution in [2.24, 2.45) is 0 Å². The fourth-order valence-electron chi connectivity index (χ4n) is 2.42. The van der Waals surface area contributed by atoms with Gasteiger partial charge in [0.15, 0.2) is 0 Å².